The SMILES string of the molecule is CCNCc1ccc(-c2ccc(Br)c(C)c2)o1. The molecule has 17 heavy (non-hydrogen) atoms. The van der Waals surface area contributed by atoms with Gasteiger partial charge in [0, 0.05) is 10.0 Å². The molecule has 2 aromatic rings. The number of hydrogen-bond acceptors (Lipinski definition) is 2. The molecule has 0 saturated heterocycles. The fourth-order valence-electron chi connectivity index (χ4n) is 1.67. The van der Waals surface area contributed by atoms with Gasteiger partial charge in [0.25, 0.3) is 0 Å². The number of rotatable bonds is 4. The van der Waals surface area contributed by atoms with E-state index in [0.29, 0.717) is 0 Å². The van der Waals surface area contributed by atoms with Crippen LogP contribution in [0.15, 0.2) is 39.2 Å². The van der Waals surface area contributed by atoms with Crippen molar-refractivity contribution in [3.63, 3.8) is 0 Å². The van der Waals surface area contributed by atoms with E-state index in [4.69, 9.17) is 4.42 Å². The van der Waals surface area contributed by atoms with Crippen LogP contribution in [0.5, 0.6) is 0 Å². The third kappa shape index (κ3) is 2.99. The van der Waals surface area contributed by atoms with Crippen LogP contribution in [0.25, 0.3) is 11.3 Å². The normalized spacial score (nSPS) is 10.8. The largest absolute Gasteiger partial charge is 0.460 e. The first-order valence-corrected chi connectivity index (χ1v) is 6.56. The van der Waals surface area contributed by atoms with Crippen molar-refractivity contribution in [2.75, 3.05) is 6.54 Å². The van der Waals surface area contributed by atoms with Crippen molar-refractivity contribution in [2.24, 2.45) is 0 Å². The quantitative estimate of drug-likeness (QED) is 0.917. The van der Waals surface area contributed by atoms with Gasteiger partial charge in [0.1, 0.15) is 11.5 Å². The fourth-order valence-corrected chi connectivity index (χ4v) is 1.92. The first-order chi connectivity index (χ1) is 8.20. The molecule has 0 saturated carbocycles. The second kappa shape index (κ2) is 5.52. The highest BCUT2D eigenvalue weighted by molar-refractivity contribution is 9.10. The minimum absolute atomic E-state index is 0.784. The molecular weight excluding hydrogens is 278 g/mol. The van der Waals surface area contributed by atoms with Crippen LogP contribution in [-0.4, -0.2) is 6.54 Å². The fraction of sp³-hybridized carbons (Fsp3) is 0.286. The van der Waals surface area contributed by atoms with Crippen molar-refractivity contribution in [3.8, 4) is 11.3 Å². The van der Waals surface area contributed by atoms with Crippen molar-refractivity contribution in [2.45, 2.75) is 20.4 Å². The van der Waals surface area contributed by atoms with Gasteiger partial charge in [-0.1, -0.05) is 28.9 Å². The van der Waals surface area contributed by atoms with E-state index in [0.717, 1.165) is 34.6 Å². The van der Waals surface area contributed by atoms with Gasteiger partial charge in [-0.15, -0.1) is 0 Å². The lowest BCUT2D eigenvalue weighted by atomic mass is 10.1. The zero-order chi connectivity index (χ0) is 12.3. The summed E-state index contributed by atoms with van der Waals surface area (Å²) in [4.78, 5) is 0. The molecule has 0 spiro atoms. The van der Waals surface area contributed by atoms with E-state index < -0.39 is 0 Å². The smallest absolute Gasteiger partial charge is 0.134 e. The molecule has 0 aliphatic rings. The Morgan fingerprint density at radius 1 is 1.24 bits per heavy atom. The Labute approximate surface area is 110 Å². The molecule has 0 bridgehead atoms. The summed E-state index contributed by atoms with van der Waals surface area (Å²) in [5.74, 6) is 1.90. The summed E-state index contributed by atoms with van der Waals surface area (Å²) in [6.45, 7) is 5.90. The first kappa shape index (κ1) is 12.4. The van der Waals surface area contributed by atoms with Crippen LogP contribution in [0.1, 0.15) is 18.2 Å². The zero-order valence-corrected chi connectivity index (χ0v) is 11.7. The van der Waals surface area contributed by atoms with Crippen LogP contribution in [0.3, 0.4) is 0 Å². The van der Waals surface area contributed by atoms with Crippen molar-refractivity contribution >= 4 is 15.9 Å². The van der Waals surface area contributed by atoms with E-state index in [9.17, 15) is 0 Å². The molecule has 0 unspecified atom stereocenters. The third-order valence-corrected chi connectivity index (χ3v) is 3.54. The molecule has 1 aromatic heterocycles. The van der Waals surface area contributed by atoms with Crippen LogP contribution in [0.4, 0.5) is 0 Å². The Balaban J connectivity index is 2.21. The monoisotopic (exact) mass is 293 g/mol. The summed E-state index contributed by atoms with van der Waals surface area (Å²) in [6.07, 6.45) is 0. The van der Waals surface area contributed by atoms with Crippen LogP contribution in [-0.2, 0) is 6.54 Å². The molecule has 1 heterocycles. The predicted octanol–water partition coefficient (Wildman–Crippen LogP) is 4.13. The highest BCUT2D eigenvalue weighted by Crippen LogP contribution is 2.26. The lowest BCUT2D eigenvalue weighted by Gasteiger charge is -2.02. The molecule has 0 atom stereocenters. The van der Waals surface area contributed by atoms with Crippen molar-refractivity contribution in [1.29, 1.82) is 0 Å². The zero-order valence-electron chi connectivity index (χ0n) is 10.1. The third-order valence-electron chi connectivity index (χ3n) is 2.65. The highest BCUT2D eigenvalue weighted by atomic mass is 79.9. The van der Waals surface area contributed by atoms with E-state index in [1.807, 2.05) is 12.1 Å². The van der Waals surface area contributed by atoms with Gasteiger partial charge in [-0.2, -0.15) is 0 Å². The molecule has 0 aliphatic heterocycles. The summed E-state index contributed by atoms with van der Waals surface area (Å²) in [5, 5.41) is 3.25. The van der Waals surface area contributed by atoms with Gasteiger partial charge < -0.3 is 9.73 Å². The Morgan fingerprint density at radius 2 is 2.06 bits per heavy atom. The summed E-state index contributed by atoms with van der Waals surface area (Å²) in [6, 6.07) is 10.3. The van der Waals surface area contributed by atoms with Crippen molar-refractivity contribution < 1.29 is 4.42 Å². The molecule has 0 fully saturated rings. The summed E-state index contributed by atoms with van der Waals surface area (Å²) >= 11 is 3.50. The predicted molar refractivity (Wildman–Crippen MR) is 74.0 cm³/mol. The molecule has 2 nitrogen and oxygen atoms in total. The molecule has 3 heteroatoms. The van der Waals surface area contributed by atoms with E-state index in [1.54, 1.807) is 0 Å². The van der Waals surface area contributed by atoms with Gasteiger partial charge in [-0.3, -0.25) is 0 Å². The van der Waals surface area contributed by atoms with Gasteiger partial charge in [-0.25, -0.2) is 0 Å². The van der Waals surface area contributed by atoms with Crippen molar-refractivity contribution in [3.05, 3.63) is 46.1 Å². The number of halogens is 1. The topological polar surface area (TPSA) is 25.2 Å². The molecule has 1 N–H and O–H groups in total. The van der Waals surface area contributed by atoms with Gasteiger partial charge in [0.15, 0.2) is 0 Å². The average Bonchev–Trinajstić information content (AvgIpc) is 2.79. The molecular formula is C14H16BrNO. The summed E-state index contributed by atoms with van der Waals surface area (Å²) in [5.41, 5.74) is 2.33. The van der Waals surface area contributed by atoms with Gasteiger partial charge in [0.05, 0.1) is 6.54 Å². The van der Waals surface area contributed by atoms with Crippen molar-refractivity contribution in [1.82, 2.24) is 5.32 Å². The lowest BCUT2D eigenvalue weighted by Crippen LogP contribution is -2.10. The minimum Gasteiger partial charge on any atom is -0.460 e. The maximum Gasteiger partial charge on any atom is 0.134 e. The van der Waals surface area contributed by atoms with Crippen LogP contribution >= 0.6 is 15.9 Å². The number of aryl methyl sites for hydroxylation is 1. The van der Waals surface area contributed by atoms with E-state index in [-0.39, 0.29) is 0 Å². The molecule has 2 rings (SSSR count). The number of nitrogens with one attached hydrogen (secondary N) is 1. The molecule has 90 valence electrons. The number of furan rings is 1. The maximum atomic E-state index is 5.79. The van der Waals surface area contributed by atoms with Gasteiger partial charge >= 0.3 is 0 Å². The summed E-state index contributed by atoms with van der Waals surface area (Å²) < 4.78 is 6.91. The maximum absolute atomic E-state index is 5.79. The molecule has 0 amide bonds. The first-order valence-electron chi connectivity index (χ1n) is 5.76. The highest BCUT2D eigenvalue weighted by Gasteiger charge is 2.05. The Bertz CT molecular complexity index is 505. The molecule has 0 aliphatic carbocycles. The standard InChI is InChI=1S/C14H16BrNO/c1-3-16-9-12-5-7-14(17-12)11-4-6-13(15)10(2)8-11/h4-8,16H,3,9H2,1-2H3. The Kier molecular flexibility index (Phi) is 4.02. The van der Waals surface area contributed by atoms with E-state index >= 15 is 0 Å². The molecule has 1 aromatic carbocycles. The van der Waals surface area contributed by atoms with Crippen LogP contribution in [0, 0.1) is 6.92 Å². The van der Waals surface area contributed by atoms with E-state index in [1.165, 1.54) is 5.56 Å². The minimum atomic E-state index is 0.784. The number of hydrogen-bond donors (Lipinski definition) is 1. The summed E-state index contributed by atoms with van der Waals surface area (Å²) in [7, 11) is 0. The van der Waals surface area contributed by atoms with E-state index in [2.05, 4.69) is 53.3 Å². The second-order valence-corrected chi connectivity index (χ2v) is 4.86. The lowest BCUT2D eigenvalue weighted by molar-refractivity contribution is 0.498. The Morgan fingerprint density at radius 3 is 2.76 bits per heavy atom. The second-order valence-electron chi connectivity index (χ2n) is 4.01. The van der Waals surface area contributed by atoms with Gasteiger partial charge in [-0.05, 0) is 43.3 Å². The molecule has 0 radical (unpaired) electrons. The van der Waals surface area contributed by atoms with Crippen LogP contribution in [0.2, 0.25) is 0 Å². The van der Waals surface area contributed by atoms with Gasteiger partial charge in [0.2, 0.25) is 0 Å². The Hall–Kier alpha value is -1.06. The number of benzene rings is 1. The average molecular weight is 294 g/mol. The van der Waals surface area contributed by atoms with Crippen LogP contribution < -0.4 is 5.32 Å².